The van der Waals surface area contributed by atoms with Crippen LogP contribution in [0.1, 0.15) is 33.6 Å². The first-order valence-electron chi connectivity index (χ1n) is 6.65. The van der Waals surface area contributed by atoms with Gasteiger partial charge in [-0.1, -0.05) is 0 Å². The second-order valence-corrected chi connectivity index (χ2v) is 6.33. The molecule has 0 saturated carbocycles. The summed E-state index contributed by atoms with van der Waals surface area (Å²) in [6.45, 7) is 8.45. The summed E-state index contributed by atoms with van der Waals surface area (Å²) in [5.74, 6) is 0. The fraction of sp³-hybridized carbons (Fsp3) is 0.923. The van der Waals surface area contributed by atoms with Crippen molar-refractivity contribution >= 4 is 6.09 Å². The van der Waals surface area contributed by atoms with E-state index in [-0.39, 0.29) is 17.6 Å². The molecule has 5 heteroatoms. The first-order valence-corrected chi connectivity index (χ1v) is 6.65. The first kappa shape index (κ1) is 13.6. The number of amides is 1. The normalized spacial score (nSPS) is 26.9. The third kappa shape index (κ3) is 2.47. The van der Waals surface area contributed by atoms with Crippen LogP contribution in [0.2, 0.25) is 0 Å². The molecular formula is C13H24N2O3. The molecule has 2 rings (SSSR count). The van der Waals surface area contributed by atoms with Crippen LogP contribution in [0.5, 0.6) is 0 Å². The topological polar surface area (TPSA) is 64.8 Å². The molecule has 2 heterocycles. The van der Waals surface area contributed by atoms with Crippen LogP contribution in [0.25, 0.3) is 0 Å². The highest BCUT2D eigenvalue weighted by molar-refractivity contribution is 5.70. The van der Waals surface area contributed by atoms with E-state index in [1.165, 1.54) is 0 Å². The molecule has 104 valence electrons. The summed E-state index contributed by atoms with van der Waals surface area (Å²) in [5.41, 5.74) is 5.56. The van der Waals surface area contributed by atoms with Crippen molar-refractivity contribution in [2.24, 2.45) is 11.1 Å². The molecule has 0 aromatic carbocycles. The van der Waals surface area contributed by atoms with Gasteiger partial charge in [0.2, 0.25) is 0 Å². The highest BCUT2D eigenvalue weighted by Gasteiger charge is 2.54. The summed E-state index contributed by atoms with van der Waals surface area (Å²) in [5, 5.41) is 0. The summed E-state index contributed by atoms with van der Waals surface area (Å²) in [6.07, 6.45) is 1.75. The van der Waals surface area contributed by atoms with Gasteiger partial charge in [0.1, 0.15) is 5.60 Å². The molecule has 2 aliphatic heterocycles. The molecule has 2 saturated heterocycles. The fourth-order valence-electron chi connectivity index (χ4n) is 2.93. The monoisotopic (exact) mass is 256 g/mol. The molecular weight excluding hydrogens is 232 g/mol. The molecule has 2 N–H and O–H groups in total. The van der Waals surface area contributed by atoms with Crippen LogP contribution in [-0.4, -0.2) is 48.9 Å². The molecule has 1 amide bonds. The van der Waals surface area contributed by atoms with Crippen molar-refractivity contribution < 1.29 is 14.3 Å². The van der Waals surface area contributed by atoms with Crippen LogP contribution in [0.4, 0.5) is 4.79 Å². The smallest absolute Gasteiger partial charge is 0.410 e. The molecule has 0 aliphatic carbocycles. The molecule has 18 heavy (non-hydrogen) atoms. The van der Waals surface area contributed by atoms with Gasteiger partial charge in [0, 0.05) is 31.7 Å². The molecule has 0 radical (unpaired) electrons. The molecule has 1 atom stereocenters. The van der Waals surface area contributed by atoms with Crippen molar-refractivity contribution in [2.75, 3.05) is 26.3 Å². The van der Waals surface area contributed by atoms with E-state index in [1.807, 2.05) is 20.8 Å². The number of likely N-dealkylation sites (tertiary alicyclic amines) is 1. The van der Waals surface area contributed by atoms with E-state index in [0.29, 0.717) is 6.54 Å². The lowest BCUT2D eigenvalue weighted by Gasteiger charge is -2.58. The molecule has 2 fully saturated rings. The Bertz CT molecular complexity index is 319. The number of carbonyl (C=O) groups excluding carboxylic acids is 1. The van der Waals surface area contributed by atoms with E-state index in [0.717, 1.165) is 32.6 Å². The fourth-order valence-corrected chi connectivity index (χ4v) is 2.93. The minimum absolute atomic E-state index is 0.108. The number of hydrogen-bond acceptors (Lipinski definition) is 4. The number of rotatable bonds is 1. The minimum atomic E-state index is -0.450. The average Bonchev–Trinajstić information content (AvgIpc) is 2.25. The van der Waals surface area contributed by atoms with Crippen LogP contribution < -0.4 is 5.73 Å². The van der Waals surface area contributed by atoms with Crippen molar-refractivity contribution in [1.82, 2.24) is 4.90 Å². The maximum absolute atomic E-state index is 12.1. The lowest BCUT2D eigenvalue weighted by molar-refractivity contribution is -0.124. The SMILES string of the molecule is CC(C)(C)OC(=O)N1CC2(CCOCC2)C1CN. The zero-order chi connectivity index (χ0) is 13.4. The van der Waals surface area contributed by atoms with Gasteiger partial charge in [-0.25, -0.2) is 4.79 Å². The average molecular weight is 256 g/mol. The summed E-state index contributed by atoms with van der Waals surface area (Å²) >= 11 is 0. The van der Waals surface area contributed by atoms with Crippen molar-refractivity contribution in [2.45, 2.75) is 45.3 Å². The lowest BCUT2D eigenvalue weighted by atomic mass is 9.66. The summed E-state index contributed by atoms with van der Waals surface area (Å²) in [6, 6.07) is 0.108. The standard InChI is InChI=1S/C13H24N2O3/c1-12(2,3)18-11(16)15-9-13(10(15)8-14)4-6-17-7-5-13/h10H,4-9,14H2,1-3H3. The van der Waals surface area contributed by atoms with Gasteiger partial charge >= 0.3 is 6.09 Å². The largest absolute Gasteiger partial charge is 0.444 e. The number of nitrogens with zero attached hydrogens (tertiary/aromatic N) is 1. The Hall–Kier alpha value is -0.810. The third-order valence-electron chi connectivity index (χ3n) is 3.91. The summed E-state index contributed by atoms with van der Waals surface area (Å²) in [7, 11) is 0. The van der Waals surface area contributed by atoms with Gasteiger partial charge in [-0.3, -0.25) is 0 Å². The zero-order valence-electron chi connectivity index (χ0n) is 11.6. The highest BCUT2D eigenvalue weighted by Crippen LogP contribution is 2.45. The Kier molecular flexibility index (Phi) is 3.56. The molecule has 0 aromatic rings. The number of ether oxygens (including phenoxy) is 2. The quantitative estimate of drug-likeness (QED) is 0.769. The van der Waals surface area contributed by atoms with Gasteiger partial charge in [0.15, 0.2) is 0 Å². The molecule has 1 spiro atoms. The second-order valence-electron chi connectivity index (χ2n) is 6.33. The third-order valence-corrected chi connectivity index (χ3v) is 3.91. The Morgan fingerprint density at radius 3 is 2.56 bits per heavy atom. The maximum Gasteiger partial charge on any atom is 0.410 e. The van der Waals surface area contributed by atoms with Crippen LogP contribution in [0.15, 0.2) is 0 Å². The van der Waals surface area contributed by atoms with Gasteiger partial charge in [-0.15, -0.1) is 0 Å². The van der Waals surface area contributed by atoms with E-state index < -0.39 is 5.60 Å². The Balaban J connectivity index is 1.98. The van der Waals surface area contributed by atoms with E-state index in [9.17, 15) is 4.79 Å². The summed E-state index contributed by atoms with van der Waals surface area (Å²) in [4.78, 5) is 13.8. The number of nitrogens with two attached hydrogens (primary N) is 1. The Morgan fingerprint density at radius 2 is 2.06 bits per heavy atom. The lowest BCUT2D eigenvalue weighted by Crippen LogP contribution is -2.70. The number of carbonyl (C=O) groups is 1. The van der Waals surface area contributed by atoms with E-state index >= 15 is 0 Å². The second kappa shape index (κ2) is 4.70. The minimum Gasteiger partial charge on any atom is -0.444 e. The van der Waals surface area contributed by atoms with Crippen molar-refractivity contribution in [3.8, 4) is 0 Å². The van der Waals surface area contributed by atoms with Crippen LogP contribution in [-0.2, 0) is 9.47 Å². The maximum atomic E-state index is 12.1. The predicted molar refractivity (Wildman–Crippen MR) is 68.3 cm³/mol. The van der Waals surface area contributed by atoms with Gasteiger partial charge in [0.05, 0.1) is 6.04 Å². The predicted octanol–water partition coefficient (Wildman–Crippen LogP) is 1.36. The van der Waals surface area contributed by atoms with Gasteiger partial charge in [-0.05, 0) is 33.6 Å². The van der Waals surface area contributed by atoms with Crippen LogP contribution in [0.3, 0.4) is 0 Å². The Labute approximate surface area is 109 Å². The van der Waals surface area contributed by atoms with Gasteiger partial charge < -0.3 is 20.1 Å². The highest BCUT2D eigenvalue weighted by atomic mass is 16.6. The Morgan fingerprint density at radius 1 is 1.44 bits per heavy atom. The van der Waals surface area contributed by atoms with Crippen molar-refractivity contribution in [3.05, 3.63) is 0 Å². The molecule has 0 aromatic heterocycles. The van der Waals surface area contributed by atoms with Crippen LogP contribution >= 0.6 is 0 Å². The zero-order valence-corrected chi connectivity index (χ0v) is 11.6. The molecule has 0 bridgehead atoms. The van der Waals surface area contributed by atoms with E-state index in [2.05, 4.69) is 0 Å². The van der Waals surface area contributed by atoms with E-state index in [4.69, 9.17) is 15.2 Å². The van der Waals surface area contributed by atoms with E-state index in [1.54, 1.807) is 4.90 Å². The van der Waals surface area contributed by atoms with Gasteiger partial charge in [-0.2, -0.15) is 0 Å². The molecule has 1 unspecified atom stereocenters. The number of hydrogen-bond donors (Lipinski definition) is 1. The first-order chi connectivity index (χ1) is 8.38. The molecule has 5 nitrogen and oxygen atoms in total. The van der Waals surface area contributed by atoms with Crippen molar-refractivity contribution in [1.29, 1.82) is 0 Å². The van der Waals surface area contributed by atoms with Gasteiger partial charge in [0.25, 0.3) is 0 Å². The molecule has 2 aliphatic rings. The summed E-state index contributed by atoms with van der Waals surface area (Å²) < 4.78 is 10.8. The van der Waals surface area contributed by atoms with Crippen molar-refractivity contribution in [3.63, 3.8) is 0 Å². The van der Waals surface area contributed by atoms with Crippen LogP contribution in [0, 0.1) is 5.41 Å².